The van der Waals surface area contributed by atoms with E-state index in [0.717, 1.165) is 10.0 Å². The van der Waals surface area contributed by atoms with Gasteiger partial charge in [-0.3, -0.25) is 5.43 Å². The fourth-order valence-electron chi connectivity index (χ4n) is 2.03. The van der Waals surface area contributed by atoms with E-state index < -0.39 is 5.97 Å². The second kappa shape index (κ2) is 8.35. The number of carbonyl (C=O) groups is 1. The van der Waals surface area contributed by atoms with Crippen molar-refractivity contribution in [1.82, 2.24) is 0 Å². The number of halogens is 1. The minimum atomic E-state index is -0.983. The summed E-state index contributed by atoms with van der Waals surface area (Å²) >= 11 is 3.44. The molecule has 0 saturated heterocycles. The van der Waals surface area contributed by atoms with Crippen molar-refractivity contribution >= 4 is 33.8 Å². The number of carboxylic acids is 1. The van der Waals surface area contributed by atoms with Gasteiger partial charge in [-0.1, -0.05) is 6.07 Å². The highest BCUT2D eigenvalue weighted by atomic mass is 79.9. The van der Waals surface area contributed by atoms with E-state index in [2.05, 4.69) is 26.5 Å². The van der Waals surface area contributed by atoms with Gasteiger partial charge < -0.3 is 14.6 Å². The number of aromatic carboxylic acids is 1. The second-order valence-corrected chi connectivity index (χ2v) is 5.58. The van der Waals surface area contributed by atoms with Crippen LogP contribution in [0.2, 0.25) is 0 Å². The molecule has 0 spiro atoms. The number of methoxy groups -OCH3 is 1. The van der Waals surface area contributed by atoms with Gasteiger partial charge in [0.25, 0.3) is 0 Å². The number of anilines is 1. The number of nitrogens with zero attached hydrogens (tertiary/aromatic N) is 1. The predicted octanol–water partition coefficient (Wildman–Crippen LogP) is 4.00. The normalized spacial score (nSPS) is 10.6. The van der Waals surface area contributed by atoms with Crippen molar-refractivity contribution in [2.75, 3.05) is 19.1 Å². The minimum Gasteiger partial charge on any atom is -0.492 e. The number of rotatable bonds is 7. The Morgan fingerprint density at radius 1 is 1.38 bits per heavy atom. The van der Waals surface area contributed by atoms with Crippen LogP contribution in [0.15, 0.2) is 46.0 Å². The van der Waals surface area contributed by atoms with Crippen molar-refractivity contribution in [2.45, 2.75) is 6.92 Å². The Balaban J connectivity index is 2.17. The van der Waals surface area contributed by atoms with Crippen LogP contribution in [0.4, 0.5) is 5.69 Å². The van der Waals surface area contributed by atoms with Gasteiger partial charge >= 0.3 is 5.97 Å². The smallest absolute Gasteiger partial charge is 0.335 e. The molecule has 2 aromatic carbocycles. The first-order valence-corrected chi connectivity index (χ1v) is 7.97. The third-order valence-electron chi connectivity index (χ3n) is 3.05. The molecule has 2 rings (SSSR count). The van der Waals surface area contributed by atoms with E-state index in [1.807, 2.05) is 19.1 Å². The Bertz CT molecular complexity index is 762. The number of hydrogen-bond donors (Lipinski definition) is 2. The number of carboxylic acid groups (broad SMARTS) is 1. The zero-order valence-corrected chi connectivity index (χ0v) is 14.8. The number of hydrogen-bond acceptors (Lipinski definition) is 5. The fraction of sp³-hybridized carbons (Fsp3) is 0.176. The molecule has 0 fully saturated rings. The maximum absolute atomic E-state index is 10.9. The van der Waals surface area contributed by atoms with Crippen LogP contribution < -0.4 is 14.9 Å². The van der Waals surface area contributed by atoms with Gasteiger partial charge in [0, 0.05) is 0 Å². The first-order valence-electron chi connectivity index (χ1n) is 7.18. The van der Waals surface area contributed by atoms with Crippen LogP contribution >= 0.6 is 15.9 Å². The minimum absolute atomic E-state index is 0.195. The molecule has 0 atom stereocenters. The molecule has 2 N–H and O–H groups in total. The van der Waals surface area contributed by atoms with Crippen molar-refractivity contribution in [3.63, 3.8) is 0 Å². The summed E-state index contributed by atoms with van der Waals surface area (Å²) in [6.07, 6.45) is 1.61. The van der Waals surface area contributed by atoms with Crippen LogP contribution in [0.25, 0.3) is 0 Å². The van der Waals surface area contributed by atoms with Gasteiger partial charge in [-0.05, 0) is 58.7 Å². The summed E-state index contributed by atoms with van der Waals surface area (Å²) in [5.74, 6) is 0.253. The summed E-state index contributed by atoms with van der Waals surface area (Å²) < 4.78 is 11.6. The van der Waals surface area contributed by atoms with Gasteiger partial charge in [0.1, 0.15) is 0 Å². The maximum Gasteiger partial charge on any atom is 0.335 e. The Kier molecular flexibility index (Phi) is 6.20. The molecule has 24 heavy (non-hydrogen) atoms. The summed E-state index contributed by atoms with van der Waals surface area (Å²) in [7, 11) is 1.58. The molecule has 0 aliphatic heterocycles. The van der Waals surface area contributed by atoms with E-state index in [9.17, 15) is 4.79 Å². The Labute approximate surface area is 148 Å². The second-order valence-electron chi connectivity index (χ2n) is 4.72. The van der Waals surface area contributed by atoms with Crippen LogP contribution in [0.1, 0.15) is 22.8 Å². The quantitative estimate of drug-likeness (QED) is 0.549. The summed E-state index contributed by atoms with van der Waals surface area (Å²) in [6, 6.07) is 10.1. The standard InChI is InChI=1S/C17H17BrN2O4/c1-3-24-15-8-11(7-14(18)16(15)23-2)10-19-20-13-6-4-5-12(9-13)17(21)22/h4-10,20H,3H2,1-2H3,(H,21,22)/b19-10+. The molecule has 126 valence electrons. The number of hydrazone groups is 1. The van der Waals surface area contributed by atoms with Crippen molar-refractivity contribution in [3.05, 3.63) is 52.0 Å². The Hall–Kier alpha value is -2.54. The lowest BCUT2D eigenvalue weighted by atomic mass is 10.2. The highest BCUT2D eigenvalue weighted by Crippen LogP contribution is 2.36. The first-order chi connectivity index (χ1) is 11.5. The monoisotopic (exact) mass is 392 g/mol. The SMILES string of the molecule is CCOc1cc(/C=N/Nc2cccc(C(=O)O)c2)cc(Br)c1OC. The molecular formula is C17H17BrN2O4. The number of ether oxygens (including phenoxy) is 2. The van der Waals surface area contributed by atoms with Crippen LogP contribution in [-0.2, 0) is 0 Å². The van der Waals surface area contributed by atoms with E-state index in [-0.39, 0.29) is 5.56 Å². The van der Waals surface area contributed by atoms with E-state index in [1.165, 1.54) is 12.1 Å². The molecule has 0 unspecified atom stereocenters. The van der Waals surface area contributed by atoms with Gasteiger partial charge in [-0.15, -0.1) is 0 Å². The highest BCUT2D eigenvalue weighted by Gasteiger charge is 2.10. The van der Waals surface area contributed by atoms with Crippen molar-refractivity contribution in [1.29, 1.82) is 0 Å². The lowest BCUT2D eigenvalue weighted by Crippen LogP contribution is -1.99. The molecular weight excluding hydrogens is 376 g/mol. The molecule has 0 aromatic heterocycles. The average Bonchev–Trinajstić information content (AvgIpc) is 2.55. The first kappa shape index (κ1) is 17.8. The number of benzene rings is 2. The average molecular weight is 393 g/mol. The predicted molar refractivity (Wildman–Crippen MR) is 96.5 cm³/mol. The van der Waals surface area contributed by atoms with Crippen molar-refractivity contribution in [3.8, 4) is 11.5 Å². The Morgan fingerprint density at radius 3 is 2.83 bits per heavy atom. The lowest BCUT2D eigenvalue weighted by molar-refractivity contribution is 0.0697. The molecule has 0 aliphatic carbocycles. The Morgan fingerprint density at radius 2 is 2.17 bits per heavy atom. The molecule has 0 bridgehead atoms. The molecule has 0 amide bonds. The van der Waals surface area contributed by atoms with Crippen LogP contribution in [-0.4, -0.2) is 31.0 Å². The van der Waals surface area contributed by atoms with Crippen LogP contribution in [0.5, 0.6) is 11.5 Å². The number of nitrogens with one attached hydrogen (secondary N) is 1. The maximum atomic E-state index is 10.9. The van der Waals surface area contributed by atoms with Gasteiger partial charge in [0.05, 0.1) is 35.7 Å². The topological polar surface area (TPSA) is 80.2 Å². The summed E-state index contributed by atoms with van der Waals surface area (Å²) in [5, 5.41) is 13.1. The van der Waals surface area contributed by atoms with Gasteiger partial charge in [-0.25, -0.2) is 4.79 Å². The summed E-state index contributed by atoms with van der Waals surface area (Å²) in [6.45, 7) is 2.41. The molecule has 0 heterocycles. The molecule has 0 saturated carbocycles. The molecule has 6 nitrogen and oxygen atoms in total. The highest BCUT2D eigenvalue weighted by molar-refractivity contribution is 9.10. The molecule has 2 aromatic rings. The largest absolute Gasteiger partial charge is 0.492 e. The van der Waals surface area contributed by atoms with Crippen molar-refractivity contribution < 1.29 is 19.4 Å². The third-order valence-corrected chi connectivity index (χ3v) is 3.64. The summed E-state index contributed by atoms with van der Waals surface area (Å²) in [5.41, 5.74) is 4.39. The zero-order chi connectivity index (χ0) is 17.5. The van der Waals surface area contributed by atoms with E-state index >= 15 is 0 Å². The van der Waals surface area contributed by atoms with Crippen molar-refractivity contribution in [2.24, 2.45) is 5.10 Å². The van der Waals surface area contributed by atoms with E-state index in [0.29, 0.717) is 23.8 Å². The lowest BCUT2D eigenvalue weighted by Gasteiger charge is -2.11. The van der Waals surface area contributed by atoms with Gasteiger partial charge in [-0.2, -0.15) is 5.10 Å². The van der Waals surface area contributed by atoms with Crippen LogP contribution in [0, 0.1) is 0 Å². The van der Waals surface area contributed by atoms with E-state index in [4.69, 9.17) is 14.6 Å². The van der Waals surface area contributed by atoms with Gasteiger partial charge in [0.15, 0.2) is 11.5 Å². The molecule has 0 aliphatic rings. The molecule has 7 heteroatoms. The fourth-order valence-corrected chi connectivity index (χ4v) is 2.65. The third kappa shape index (κ3) is 4.48. The summed E-state index contributed by atoms with van der Waals surface area (Å²) in [4.78, 5) is 10.9. The van der Waals surface area contributed by atoms with Gasteiger partial charge in [0.2, 0.25) is 0 Å². The van der Waals surface area contributed by atoms with Crippen LogP contribution in [0.3, 0.4) is 0 Å². The van der Waals surface area contributed by atoms with E-state index in [1.54, 1.807) is 25.5 Å². The zero-order valence-electron chi connectivity index (χ0n) is 13.2. The molecule has 0 radical (unpaired) electrons.